The summed E-state index contributed by atoms with van der Waals surface area (Å²) < 4.78 is 55.4. The Labute approximate surface area is 203 Å². The van der Waals surface area contributed by atoms with Crippen molar-refractivity contribution in [3.8, 4) is 0 Å². The summed E-state index contributed by atoms with van der Waals surface area (Å²) in [7, 11) is -9.77. The highest BCUT2D eigenvalue weighted by Gasteiger charge is 2.36. The first-order valence-corrected chi connectivity index (χ1v) is 15.1. The summed E-state index contributed by atoms with van der Waals surface area (Å²) in [6, 6.07) is 34.4. The van der Waals surface area contributed by atoms with E-state index in [2.05, 4.69) is 0 Å². The van der Waals surface area contributed by atoms with Gasteiger partial charge in [-0.15, -0.1) is 10.5 Å². The van der Waals surface area contributed by atoms with E-state index in [0.29, 0.717) is 11.5 Å². The second-order valence-electron chi connectivity index (χ2n) is 7.64. The molecule has 0 spiro atoms. The molecule has 0 aliphatic heterocycles. The Balaban J connectivity index is 2.02. The maximum atomic E-state index is 14.0. The minimum atomic E-state index is -4.31. The molecule has 4 rings (SSSR count). The van der Waals surface area contributed by atoms with Gasteiger partial charge in [0.2, 0.25) is 19.7 Å². The van der Waals surface area contributed by atoms with Gasteiger partial charge < -0.3 is 0 Å². The van der Waals surface area contributed by atoms with E-state index < -0.39 is 33.7 Å². The van der Waals surface area contributed by atoms with Gasteiger partial charge in [-0.2, -0.15) is 0 Å². The summed E-state index contributed by atoms with van der Waals surface area (Å²) in [6.45, 7) is 0. The Kier molecular flexibility index (Phi) is 7.46. The van der Waals surface area contributed by atoms with E-state index in [9.17, 15) is 16.8 Å². The highest BCUT2D eigenvalue weighted by molar-refractivity contribution is 8.47. The molecule has 0 aromatic heterocycles. The fourth-order valence-corrected chi connectivity index (χ4v) is 12.0. The summed E-state index contributed by atoms with van der Waals surface area (Å²) in [5.74, 6) is 0.590. The van der Waals surface area contributed by atoms with Crippen LogP contribution < -0.4 is 0 Å². The molecule has 0 saturated carbocycles. The van der Waals surface area contributed by atoms with Crippen molar-refractivity contribution in [3.05, 3.63) is 132 Å². The predicted octanol–water partition coefficient (Wildman–Crippen LogP) is 5.69. The third-order valence-electron chi connectivity index (χ3n) is 5.15. The number of hydrogen-bond donors (Lipinski definition) is 0. The third kappa shape index (κ3) is 5.38. The van der Waals surface area contributed by atoms with Gasteiger partial charge in [-0.25, -0.2) is 16.8 Å². The molecular weight excluding hydrogens is 484 g/mol. The van der Waals surface area contributed by atoms with Crippen molar-refractivity contribution in [1.29, 1.82) is 0 Å². The Morgan fingerprint density at radius 2 is 0.765 bits per heavy atom. The van der Waals surface area contributed by atoms with Crippen molar-refractivity contribution in [2.75, 3.05) is 0 Å². The van der Waals surface area contributed by atoms with Crippen molar-refractivity contribution in [2.24, 2.45) is 0 Å². The minimum absolute atomic E-state index is 0.0249. The summed E-state index contributed by atoms with van der Waals surface area (Å²) in [5, 5.41) is 0. The fraction of sp³-hybridized carbons (Fsp3) is 0.0741. The largest absolute Gasteiger partial charge is 0.223 e. The molecule has 0 N–H and O–H groups in total. The Bertz CT molecular complexity index is 1370. The van der Waals surface area contributed by atoms with E-state index in [1.165, 1.54) is 24.3 Å². The lowest BCUT2D eigenvalue weighted by Gasteiger charge is -2.18. The summed E-state index contributed by atoms with van der Waals surface area (Å²) in [4.78, 5) is -0.0498. The van der Waals surface area contributed by atoms with E-state index >= 15 is 0 Å². The molecule has 0 heterocycles. The van der Waals surface area contributed by atoms with Gasteiger partial charge in [0.05, 0.1) is 9.79 Å². The fourth-order valence-electron chi connectivity index (χ4n) is 3.57. The van der Waals surface area contributed by atoms with Crippen LogP contribution in [0.1, 0.15) is 11.1 Å². The minimum Gasteiger partial charge on any atom is -0.217 e. The van der Waals surface area contributed by atoms with Gasteiger partial charge in [0.15, 0.2) is 3.53 Å². The van der Waals surface area contributed by atoms with Crippen LogP contribution in [-0.4, -0.2) is 20.4 Å². The van der Waals surface area contributed by atoms with Crippen LogP contribution in [0.4, 0.5) is 0 Å². The molecule has 4 nitrogen and oxygen atoms in total. The molecule has 0 atom stereocenters. The maximum Gasteiger partial charge on any atom is 0.223 e. The molecule has 0 radical (unpaired) electrons. The molecule has 0 bridgehead atoms. The van der Waals surface area contributed by atoms with Crippen molar-refractivity contribution in [2.45, 2.75) is 21.3 Å². The van der Waals surface area contributed by atoms with Crippen LogP contribution in [-0.2, 0) is 31.2 Å². The van der Waals surface area contributed by atoms with Gasteiger partial charge in [0, 0.05) is 11.5 Å². The van der Waals surface area contributed by atoms with Crippen LogP contribution in [0.15, 0.2) is 131 Å². The van der Waals surface area contributed by atoms with Crippen LogP contribution in [0.3, 0.4) is 0 Å². The van der Waals surface area contributed by atoms with Gasteiger partial charge >= 0.3 is 0 Å². The molecule has 0 amide bonds. The maximum absolute atomic E-state index is 14.0. The van der Waals surface area contributed by atoms with Gasteiger partial charge in [0.1, 0.15) is 0 Å². The average Bonchev–Trinajstić information content (AvgIpc) is 2.86. The monoisotopic (exact) mass is 508 g/mol. The van der Waals surface area contributed by atoms with Crippen molar-refractivity contribution < 1.29 is 16.8 Å². The van der Waals surface area contributed by atoms with Crippen LogP contribution in [0.5, 0.6) is 0 Å². The Morgan fingerprint density at radius 1 is 0.471 bits per heavy atom. The lowest BCUT2D eigenvalue weighted by atomic mass is 10.2. The van der Waals surface area contributed by atoms with Crippen LogP contribution in [0.25, 0.3) is 0 Å². The van der Waals surface area contributed by atoms with E-state index in [4.69, 9.17) is 0 Å². The van der Waals surface area contributed by atoms with Crippen molar-refractivity contribution in [3.63, 3.8) is 0 Å². The first-order valence-electron chi connectivity index (χ1n) is 10.6. The standard InChI is InChI=1S/C27H24O4S3/c28-33(29,25-17-9-3-10-18-25)27(34(30,31)26-19-11-4-12-20-26)32(21-23-13-5-1-6-14-23)22-24-15-7-2-8-16-24/h1-20H,21-22H2. The molecule has 0 saturated heterocycles. The first-order chi connectivity index (χ1) is 16.4. The van der Waals surface area contributed by atoms with E-state index in [-0.39, 0.29) is 9.79 Å². The predicted molar refractivity (Wildman–Crippen MR) is 140 cm³/mol. The highest BCUT2D eigenvalue weighted by Crippen LogP contribution is 2.35. The molecular formula is C27H24O4S3. The van der Waals surface area contributed by atoms with Crippen LogP contribution >= 0.6 is 10.5 Å². The van der Waals surface area contributed by atoms with E-state index in [0.717, 1.165) is 11.1 Å². The van der Waals surface area contributed by atoms with Gasteiger partial charge in [-0.3, -0.25) is 0 Å². The smallest absolute Gasteiger partial charge is 0.217 e. The van der Waals surface area contributed by atoms with Gasteiger partial charge in [-0.1, -0.05) is 97.1 Å². The molecule has 0 aliphatic rings. The van der Waals surface area contributed by atoms with Gasteiger partial charge in [-0.05, 0) is 35.4 Å². The second-order valence-corrected chi connectivity index (χ2v) is 14.2. The molecule has 174 valence electrons. The number of hydrogen-bond acceptors (Lipinski definition) is 4. The Hall–Kier alpha value is -3.00. The van der Waals surface area contributed by atoms with Crippen LogP contribution in [0.2, 0.25) is 0 Å². The number of benzene rings is 4. The topological polar surface area (TPSA) is 68.3 Å². The summed E-state index contributed by atoms with van der Waals surface area (Å²) >= 11 is 0. The SMILES string of the molecule is O=S(=O)(C(=S(Cc1ccccc1)Cc1ccccc1)S(=O)(=O)c1ccccc1)c1ccccc1. The Morgan fingerprint density at radius 3 is 1.09 bits per heavy atom. The zero-order chi connectivity index (χ0) is 24.0. The number of sulfone groups is 2. The molecule has 4 aromatic carbocycles. The number of rotatable bonds is 6. The van der Waals surface area contributed by atoms with E-state index in [1.54, 1.807) is 36.4 Å². The average molecular weight is 509 g/mol. The third-order valence-corrected chi connectivity index (χ3v) is 13.7. The quantitative estimate of drug-likeness (QED) is 0.314. The zero-order valence-electron chi connectivity index (χ0n) is 18.3. The van der Waals surface area contributed by atoms with Gasteiger partial charge in [0.25, 0.3) is 0 Å². The van der Waals surface area contributed by atoms with Crippen LogP contribution in [0, 0.1) is 0 Å². The summed E-state index contributed by atoms with van der Waals surface area (Å²) in [6.07, 6.45) is 0. The van der Waals surface area contributed by atoms with Crippen molar-refractivity contribution >= 4 is 33.7 Å². The molecule has 0 unspecified atom stereocenters. The molecule has 0 aliphatic carbocycles. The second kappa shape index (κ2) is 10.5. The van der Waals surface area contributed by atoms with E-state index in [1.807, 2.05) is 60.7 Å². The first kappa shape index (κ1) is 24.1. The molecule has 0 fully saturated rings. The molecule has 34 heavy (non-hydrogen) atoms. The normalized spacial score (nSPS) is 11.9. The zero-order valence-corrected chi connectivity index (χ0v) is 20.8. The molecule has 4 aromatic rings. The lowest BCUT2D eigenvalue weighted by molar-refractivity contribution is 0.603. The highest BCUT2D eigenvalue weighted by atomic mass is 32.3. The molecule has 7 heteroatoms. The summed E-state index contributed by atoms with van der Waals surface area (Å²) in [5.41, 5.74) is 1.76. The van der Waals surface area contributed by atoms with Crippen molar-refractivity contribution in [1.82, 2.24) is 0 Å². The lowest BCUT2D eigenvalue weighted by Crippen LogP contribution is -2.26.